The zero-order valence-corrected chi connectivity index (χ0v) is 12.6. The Kier molecular flexibility index (Phi) is 3.80. The molecule has 2 saturated heterocycles. The van der Waals surface area contributed by atoms with Crippen LogP contribution in [0.4, 0.5) is 0 Å². The van der Waals surface area contributed by atoms with Crippen LogP contribution in [0.25, 0.3) is 0 Å². The first-order valence-corrected chi connectivity index (χ1v) is 8.21. The minimum atomic E-state index is -0.623. The molecule has 3 aliphatic rings. The Morgan fingerprint density at radius 3 is 2.65 bits per heavy atom. The lowest BCUT2D eigenvalue weighted by atomic mass is 9.84. The van der Waals surface area contributed by atoms with Crippen LogP contribution < -0.4 is 0 Å². The van der Waals surface area contributed by atoms with E-state index >= 15 is 0 Å². The number of ether oxygens (including phenoxy) is 1. The fourth-order valence-electron chi connectivity index (χ4n) is 4.43. The van der Waals surface area contributed by atoms with Crippen molar-refractivity contribution >= 4 is 5.97 Å². The number of carbonyl (C=O) groups is 1. The van der Waals surface area contributed by atoms with Gasteiger partial charge in [-0.2, -0.15) is 0 Å². The molecule has 0 aromatic rings. The van der Waals surface area contributed by atoms with Crippen molar-refractivity contribution in [2.75, 3.05) is 19.6 Å². The third-order valence-corrected chi connectivity index (χ3v) is 5.88. The standard InChI is InChI=1S/C16H27NO3/c1-2-15(14(18)19)9-10-17(12-15)11-13-5-8-16(20-13)6-3-4-7-16/h13H,2-12H2,1H3,(H,18,19). The van der Waals surface area contributed by atoms with Gasteiger partial charge in [-0.3, -0.25) is 9.69 Å². The minimum absolute atomic E-state index is 0.193. The number of carboxylic acids is 1. The Bertz CT molecular complexity index is 378. The third kappa shape index (κ3) is 2.48. The minimum Gasteiger partial charge on any atom is -0.481 e. The van der Waals surface area contributed by atoms with Crippen molar-refractivity contribution < 1.29 is 14.6 Å². The molecule has 3 fully saturated rings. The lowest BCUT2D eigenvalue weighted by Crippen LogP contribution is -2.37. The summed E-state index contributed by atoms with van der Waals surface area (Å²) >= 11 is 0. The monoisotopic (exact) mass is 281 g/mol. The van der Waals surface area contributed by atoms with E-state index in [0.717, 1.165) is 32.4 Å². The fraction of sp³-hybridized carbons (Fsp3) is 0.938. The molecule has 2 atom stereocenters. The second-order valence-electron chi connectivity index (χ2n) is 7.09. The summed E-state index contributed by atoms with van der Waals surface area (Å²) in [5.74, 6) is -0.623. The summed E-state index contributed by atoms with van der Waals surface area (Å²) in [4.78, 5) is 13.8. The molecule has 2 heterocycles. The third-order valence-electron chi connectivity index (χ3n) is 5.88. The molecule has 0 aromatic carbocycles. The van der Waals surface area contributed by atoms with Gasteiger partial charge in [0.25, 0.3) is 0 Å². The number of hydrogen-bond donors (Lipinski definition) is 1. The Morgan fingerprint density at radius 2 is 2.05 bits per heavy atom. The van der Waals surface area contributed by atoms with E-state index in [0.29, 0.717) is 12.6 Å². The van der Waals surface area contributed by atoms with Gasteiger partial charge in [0.1, 0.15) is 0 Å². The van der Waals surface area contributed by atoms with Gasteiger partial charge in [-0.05, 0) is 45.1 Å². The molecule has 20 heavy (non-hydrogen) atoms. The summed E-state index contributed by atoms with van der Waals surface area (Å²) in [6.07, 6.45) is 9.31. The van der Waals surface area contributed by atoms with Crippen LogP contribution in [0.5, 0.6) is 0 Å². The first kappa shape index (κ1) is 14.3. The highest BCUT2D eigenvalue weighted by atomic mass is 16.5. The number of carboxylic acid groups (broad SMARTS) is 1. The largest absolute Gasteiger partial charge is 0.481 e. The molecule has 1 saturated carbocycles. The first-order chi connectivity index (χ1) is 9.57. The van der Waals surface area contributed by atoms with Crippen LogP contribution in [-0.4, -0.2) is 47.3 Å². The SMILES string of the molecule is CCC1(C(=O)O)CCN(CC2CCC3(CCCC3)O2)C1. The number of likely N-dealkylation sites (tertiary alicyclic amines) is 1. The zero-order valence-electron chi connectivity index (χ0n) is 12.6. The topological polar surface area (TPSA) is 49.8 Å². The average Bonchev–Trinajstić information content (AvgIpc) is 3.13. The summed E-state index contributed by atoms with van der Waals surface area (Å²) in [5.41, 5.74) is -0.317. The van der Waals surface area contributed by atoms with Crippen molar-refractivity contribution in [2.24, 2.45) is 5.41 Å². The van der Waals surface area contributed by atoms with Gasteiger partial charge >= 0.3 is 5.97 Å². The van der Waals surface area contributed by atoms with Crippen LogP contribution in [0.15, 0.2) is 0 Å². The normalized spacial score (nSPS) is 37.0. The second-order valence-corrected chi connectivity index (χ2v) is 7.09. The Labute approximate surface area is 121 Å². The molecule has 1 spiro atoms. The Hall–Kier alpha value is -0.610. The molecule has 4 nitrogen and oxygen atoms in total. The van der Waals surface area contributed by atoms with Crippen molar-refractivity contribution in [1.82, 2.24) is 4.90 Å². The summed E-state index contributed by atoms with van der Waals surface area (Å²) in [6.45, 7) is 4.53. The highest BCUT2D eigenvalue weighted by Crippen LogP contribution is 2.44. The highest BCUT2D eigenvalue weighted by molar-refractivity contribution is 5.75. The van der Waals surface area contributed by atoms with Gasteiger partial charge in [0, 0.05) is 13.1 Å². The summed E-state index contributed by atoms with van der Waals surface area (Å²) in [6, 6.07) is 0. The van der Waals surface area contributed by atoms with E-state index in [4.69, 9.17) is 4.74 Å². The van der Waals surface area contributed by atoms with Gasteiger partial charge in [-0.25, -0.2) is 0 Å². The van der Waals surface area contributed by atoms with Crippen molar-refractivity contribution in [3.05, 3.63) is 0 Å². The van der Waals surface area contributed by atoms with Crippen LogP contribution in [0.2, 0.25) is 0 Å². The van der Waals surface area contributed by atoms with E-state index in [1.165, 1.54) is 32.1 Å². The molecule has 0 amide bonds. The molecule has 2 unspecified atom stereocenters. The molecular weight excluding hydrogens is 254 g/mol. The predicted molar refractivity (Wildman–Crippen MR) is 76.7 cm³/mol. The van der Waals surface area contributed by atoms with E-state index in [1.54, 1.807) is 0 Å². The van der Waals surface area contributed by atoms with Gasteiger partial charge < -0.3 is 9.84 Å². The average molecular weight is 281 g/mol. The number of aliphatic carboxylic acids is 1. The second kappa shape index (κ2) is 5.30. The molecule has 0 aromatic heterocycles. The van der Waals surface area contributed by atoms with Gasteiger partial charge in [0.2, 0.25) is 0 Å². The van der Waals surface area contributed by atoms with Crippen molar-refractivity contribution in [3.8, 4) is 0 Å². The first-order valence-electron chi connectivity index (χ1n) is 8.21. The van der Waals surface area contributed by atoms with E-state index in [-0.39, 0.29) is 5.60 Å². The quantitative estimate of drug-likeness (QED) is 0.860. The van der Waals surface area contributed by atoms with Gasteiger partial charge in [0.15, 0.2) is 0 Å². The number of nitrogens with zero attached hydrogens (tertiary/aromatic N) is 1. The maximum absolute atomic E-state index is 11.5. The molecule has 1 aliphatic carbocycles. The lowest BCUT2D eigenvalue weighted by Gasteiger charge is -2.27. The molecule has 0 bridgehead atoms. The maximum Gasteiger partial charge on any atom is 0.310 e. The molecule has 114 valence electrons. The van der Waals surface area contributed by atoms with E-state index in [9.17, 15) is 9.90 Å². The van der Waals surface area contributed by atoms with Crippen molar-refractivity contribution in [3.63, 3.8) is 0 Å². The fourth-order valence-corrected chi connectivity index (χ4v) is 4.43. The highest BCUT2D eigenvalue weighted by Gasteiger charge is 2.46. The summed E-state index contributed by atoms with van der Waals surface area (Å²) in [5, 5.41) is 9.45. The molecular formula is C16H27NO3. The molecule has 1 N–H and O–H groups in total. The molecule has 3 rings (SSSR count). The summed E-state index contributed by atoms with van der Waals surface area (Å²) < 4.78 is 6.35. The molecule has 0 radical (unpaired) electrons. The zero-order chi connectivity index (χ0) is 14.2. The molecule has 2 aliphatic heterocycles. The van der Waals surface area contributed by atoms with Gasteiger partial charge in [-0.15, -0.1) is 0 Å². The van der Waals surface area contributed by atoms with E-state index in [1.807, 2.05) is 6.92 Å². The van der Waals surface area contributed by atoms with Crippen LogP contribution in [0, 0.1) is 5.41 Å². The van der Waals surface area contributed by atoms with Crippen LogP contribution in [0.3, 0.4) is 0 Å². The van der Waals surface area contributed by atoms with Crippen LogP contribution >= 0.6 is 0 Å². The predicted octanol–water partition coefficient (Wildman–Crippen LogP) is 2.66. The summed E-state index contributed by atoms with van der Waals surface area (Å²) in [7, 11) is 0. The molecule has 4 heteroatoms. The van der Waals surface area contributed by atoms with Crippen LogP contribution in [-0.2, 0) is 9.53 Å². The van der Waals surface area contributed by atoms with E-state index in [2.05, 4.69) is 4.90 Å². The Morgan fingerprint density at radius 1 is 1.30 bits per heavy atom. The van der Waals surface area contributed by atoms with Crippen molar-refractivity contribution in [2.45, 2.75) is 70.0 Å². The van der Waals surface area contributed by atoms with Gasteiger partial charge in [0.05, 0.1) is 17.1 Å². The Balaban J connectivity index is 1.54. The maximum atomic E-state index is 11.5. The van der Waals surface area contributed by atoms with E-state index < -0.39 is 11.4 Å². The number of rotatable bonds is 4. The lowest BCUT2D eigenvalue weighted by molar-refractivity contribution is -0.148. The number of hydrogen-bond acceptors (Lipinski definition) is 3. The van der Waals surface area contributed by atoms with Crippen LogP contribution in [0.1, 0.15) is 58.3 Å². The smallest absolute Gasteiger partial charge is 0.310 e. The van der Waals surface area contributed by atoms with Crippen molar-refractivity contribution in [1.29, 1.82) is 0 Å². The van der Waals surface area contributed by atoms with Gasteiger partial charge in [-0.1, -0.05) is 19.8 Å².